The lowest BCUT2D eigenvalue weighted by atomic mass is 10.3. The van der Waals surface area contributed by atoms with E-state index in [1.165, 1.54) is 0 Å². The fraction of sp³-hybridized carbons (Fsp3) is 0. The number of hydrogen-bond acceptors (Lipinski definition) is 2. The highest BCUT2D eigenvalue weighted by molar-refractivity contribution is 7.80. The van der Waals surface area contributed by atoms with E-state index in [0.717, 1.165) is 10.6 Å². The Bertz CT molecular complexity index is 497. The largest absolute Gasteiger partial charge is 0.457 e. The summed E-state index contributed by atoms with van der Waals surface area (Å²) in [6.45, 7) is 0. The Hall–Kier alpha value is -0.830. The quantitative estimate of drug-likeness (QED) is 0.750. The molecule has 2 aromatic carbocycles. The van der Waals surface area contributed by atoms with Crippen molar-refractivity contribution in [2.45, 2.75) is 4.90 Å². The van der Waals surface area contributed by atoms with Gasteiger partial charge in [-0.1, -0.05) is 23.2 Å². The topological polar surface area (TPSA) is 9.23 Å². The van der Waals surface area contributed by atoms with Gasteiger partial charge in [-0.25, -0.2) is 0 Å². The molecule has 0 aliphatic heterocycles. The fourth-order valence-electron chi connectivity index (χ4n) is 1.19. The van der Waals surface area contributed by atoms with Crippen molar-refractivity contribution in [3.63, 3.8) is 0 Å². The van der Waals surface area contributed by atoms with Crippen LogP contribution in [0.3, 0.4) is 0 Å². The highest BCUT2D eigenvalue weighted by Crippen LogP contribution is 2.29. The maximum absolute atomic E-state index is 5.88. The predicted molar refractivity (Wildman–Crippen MR) is 70.2 cm³/mol. The minimum Gasteiger partial charge on any atom is -0.457 e. The smallest absolute Gasteiger partial charge is 0.129 e. The molecule has 0 aliphatic rings. The number of halogens is 2. The Kier molecular flexibility index (Phi) is 3.64. The predicted octanol–water partition coefficient (Wildman–Crippen LogP) is 5.07. The normalized spacial score (nSPS) is 10.2. The summed E-state index contributed by atoms with van der Waals surface area (Å²) in [5.74, 6) is 1.39. The number of hydrogen-bond donors (Lipinski definition) is 1. The van der Waals surface area contributed by atoms with Gasteiger partial charge in [0.25, 0.3) is 0 Å². The van der Waals surface area contributed by atoms with E-state index in [2.05, 4.69) is 12.6 Å². The molecule has 0 spiro atoms. The molecule has 0 N–H and O–H groups in total. The lowest BCUT2D eigenvalue weighted by Gasteiger charge is -2.06. The van der Waals surface area contributed by atoms with Gasteiger partial charge in [-0.3, -0.25) is 0 Å². The minimum absolute atomic E-state index is 0.477. The van der Waals surface area contributed by atoms with Gasteiger partial charge in [0.15, 0.2) is 0 Å². The summed E-state index contributed by atoms with van der Waals surface area (Å²) in [6, 6.07) is 12.5. The minimum atomic E-state index is 0.477. The second-order valence-electron chi connectivity index (χ2n) is 3.17. The average Bonchev–Trinajstić information content (AvgIpc) is 2.27. The van der Waals surface area contributed by atoms with E-state index >= 15 is 0 Å². The van der Waals surface area contributed by atoms with Crippen LogP contribution < -0.4 is 4.74 Å². The Balaban J connectivity index is 2.20. The van der Waals surface area contributed by atoms with Crippen LogP contribution in [-0.2, 0) is 0 Å². The van der Waals surface area contributed by atoms with Crippen LogP contribution in [0.4, 0.5) is 0 Å². The van der Waals surface area contributed by atoms with Crippen LogP contribution in [0, 0.1) is 0 Å². The molecule has 0 aromatic heterocycles. The summed E-state index contributed by atoms with van der Waals surface area (Å²) >= 11 is 15.9. The van der Waals surface area contributed by atoms with E-state index in [0.29, 0.717) is 15.8 Å². The first kappa shape index (κ1) is 11.6. The SMILES string of the molecule is Sc1ccc(Oc2ccc(Cl)c(Cl)c2)cc1. The van der Waals surface area contributed by atoms with Crippen molar-refractivity contribution in [2.75, 3.05) is 0 Å². The summed E-state index contributed by atoms with van der Waals surface area (Å²) in [4.78, 5) is 0.890. The van der Waals surface area contributed by atoms with Crippen molar-refractivity contribution in [2.24, 2.45) is 0 Å². The van der Waals surface area contributed by atoms with Gasteiger partial charge >= 0.3 is 0 Å². The molecular formula is C12H8Cl2OS. The molecule has 0 saturated carbocycles. The number of rotatable bonds is 2. The Morgan fingerprint density at radius 3 is 2.06 bits per heavy atom. The lowest BCUT2D eigenvalue weighted by Crippen LogP contribution is -1.83. The van der Waals surface area contributed by atoms with Gasteiger partial charge in [-0.05, 0) is 36.4 Å². The lowest BCUT2D eigenvalue weighted by molar-refractivity contribution is 0.482. The van der Waals surface area contributed by atoms with E-state index in [1.54, 1.807) is 18.2 Å². The molecule has 4 heteroatoms. The van der Waals surface area contributed by atoms with E-state index in [1.807, 2.05) is 24.3 Å². The van der Waals surface area contributed by atoms with E-state index in [4.69, 9.17) is 27.9 Å². The summed E-state index contributed by atoms with van der Waals surface area (Å²) in [7, 11) is 0. The summed E-state index contributed by atoms with van der Waals surface area (Å²) in [6.07, 6.45) is 0. The van der Waals surface area contributed by atoms with Crippen molar-refractivity contribution in [1.29, 1.82) is 0 Å². The van der Waals surface area contributed by atoms with Crippen molar-refractivity contribution in [3.8, 4) is 11.5 Å². The molecule has 2 rings (SSSR count). The monoisotopic (exact) mass is 270 g/mol. The second-order valence-corrected chi connectivity index (χ2v) is 4.50. The average molecular weight is 271 g/mol. The highest BCUT2D eigenvalue weighted by Gasteiger charge is 2.01. The first-order valence-corrected chi connectivity index (χ1v) is 5.77. The number of benzene rings is 2. The maximum Gasteiger partial charge on any atom is 0.129 e. The van der Waals surface area contributed by atoms with Crippen LogP contribution in [0.5, 0.6) is 11.5 Å². The molecule has 0 aliphatic carbocycles. The van der Waals surface area contributed by atoms with Crippen molar-refractivity contribution >= 4 is 35.8 Å². The molecule has 0 heterocycles. The van der Waals surface area contributed by atoms with Gasteiger partial charge in [0.1, 0.15) is 11.5 Å². The molecule has 0 radical (unpaired) electrons. The zero-order chi connectivity index (χ0) is 11.5. The van der Waals surface area contributed by atoms with Crippen LogP contribution in [-0.4, -0.2) is 0 Å². The zero-order valence-corrected chi connectivity index (χ0v) is 10.6. The summed E-state index contributed by atoms with van der Waals surface area (Å²) in [5, 5.41) is 0.990. The standard InChI is InChI=1S/C12H8Cl2OS/c13-11-6-3-9(7-12(11)14)15-8-1-4-10(16)5-2-8/h1-7,16H. The molecule has 0 saturated heterocycles. The van der Waals surface area contributed by atoms with Crippen LogP contribution >= 0.6 is 35.8 Å². The second kappa shape index (κ2) is 5.00. The molecule has 82 valence electrons. The van der Waals surface area contributed by atoms with E-state index in [9.17, 15) is 0 Å². The van der Waals surface area contributed by atoms with Gasteiger partial charge in [0.2, 0.25) is 0 Å². The number of ether oxygens (including phenoxy) is 1. The van der Waals surface area contributed by atoms with Gasteiger partial charge in [-0.2, -0.15) is 0 Å². The highest BCUT2D eigenvalue weighted by atomic mass is 35.5. The summed E-state index contributed by atoms with van der Waals surface area (Å²) < 4.78 is 5.59. The Morgan fingerprint density at radius 2 is 1.44 bits per heavy atom. The molecule has 16 heavy (non-hydrogen) atoms. The van der Waals surface area contributed by atoms with Gasteiger partial charge in [0.05, 0.1) is 10.0 Å². The zero-order valence-electron chi connectivity index (χ0n) is 8.15. The molecular weight excluding hydrogens is 263 g/mol. The maximum atomic E-state index is 5.88. The molecule has 0 bridgehead atoms. The molecule has 0 atom stereocenters. The molecule has 0 fully saturated rings. The Morgan fingerprint density at radius 1 is 0.812 bits per heavy atom. The Labute approximate surface area is 109 Å². The fourth-order valence-corrected chi connectivity index (χ4v) is 1.63. The summed E-state index contributed by atoms with van der Waals surface area (Å²) in [5.41, 5.74) is 0. The van der Waals surface area contributed by atoms with E-state index in [-0.39, 0.29) is 0 Å². The van der Waals surface area contributed by atoms with Crippen LogP contribution in [0.1, 0.15) is 0 Å². The number of thiol groups is 1. The molecule has 0 unspecified atom stereocenters. The first-order chi connectivity index (χ1) is 7.65. The van der Waals surface area contributed by atoms with Crippen molar-refractivity contribution in [3.05, 3.63) is 52.5 Å². The van der Waals surface area contributed by atoms with Crippen LogP contribution in [0.15, 0.2) is 47.4 Å². The van der Waals surface area contributed by atoms with Gasteiger partial charge in [0, 0.05) is 11.0 Å². The van der Waals surface area contributed by atoms with Gasteiger partial charge in [-0.15, -0.1) is 12.6 Å². The molecule has 1 nitrogen and oxygen atoms in total. The third kappa shape index (κ3) is 2.85. The van der Waals surface area contributed by atoms with E-state index < -0.39 is 0 Å². The van der Waals surface area contributed by atoms with Crippen LogP contribution in [0.25, 0.3) is 0 Å². The molecule has 2 aromatic rings. The third-order valence-electron chi connectivity index (χ3n) is 1.96. The molecule has 0 amide bonds. The van der Waals surface area contributed by atoms with Gasteiger partial charge < -0.3 is 4.74 Å². The van der Waals surface area contributed by atoms with Crippen molar-refractivity contribution in [1.82, 2.24) is 0 Å². The van der Waals surface area contributed by atoms with Crippen molar-refractivity contribution < 1.29 is 4.74 Å². The third-order valence-corrected chi connectivity index (χ3v) is 3.00. The first-order valence-electron chi connectivity index (χ1n) is 4.57. The van der Waals surface area contributed by atoms with Crippen LogP contribution in [0.2, 0.25) is 10.0 Å².